The fourth-order valence-electron chi connectivity index (χ4n) is 2.09. The summed E-state index contributed by atoms with van der Waals surface area (Å²) in [5.74, 6) is 0. The van der Waals surface area contributed by atoms with Crippen LogP contribution in [0.15, 0.2) is 0 Å². The van der Waals surface area contributed by atoms with Crippen LogP contribution in [-0.4, -0.2) is 30.1 Å². The maximum Gasteiger partial charge on any atom is 0.168 e. The maximum atomic E-state index is 5.23. The minimum Gasteiger partial charge on any atom is -0.366 e. The van der Waals surface area contributed by atoms with Crippen LogP contribution in [0.5, 0.6) is 0 Å². The van der Waals surface area contributed by atoms with Crippen molar-refractivity contribution in [1.29, 1.82) is 0 Å². The van der Waals surface area contributed by atoms with Crippen LogP contribution in [0.2, 0.25) is 0 Å². The molecule has 0 saturated carbocycles. The first-order valence-electron chi connectivity index (χ1n) is 5.14. The Morgan fingerprint density at radius 1 is 1.46 bits per heavy atom. The molecule has 0 aliphatic carbocycles. The quantitative estimate of drug-likeness (QED) is 0.686. The molecule has 1 N–H and O–H groups in total. The average molecular weight is 200 g/mol. The predicted molar refractivity (Wildman–Crippen MR) is 60.9 cm³/mol. The summed E-state index contributed by atoms with van der Waals surface area (Å²) < 4.78 is 0. The zero-order chi connectivity index (χ0) is 9.90. The molecule has 0 amide bonds. The van der Waals surface area contributed by atoms with Gasteiger partial charge in [-0.15, -0.1) is 0 Å². The van der Waals surface area contributed by atoms with E-state index in [2.05, 4.69) is 24.1 Å². The number of rotatable bonds is 2. The minimum atomic E-state index is 0.529. The number of likely N-dealkylation sites (tertiary alicyclic amines) is 1. The normalized spacial score (nSPS) is 20.4. The van der Waals surface area contributed by atoms with Gasteiger partial charge in [0.15, 0.2) is 5.11 Å². The Hall–Kier alpha value is -0.310. The molecule has 1 saturated heterocycles. The van der Waals surface area contributed by atoms with Gasteiger partial charge >= 0.3 is 0 Å². The Balaban J connectivity index is 2.56. The zero-order valence-electron chi connectivity index (χ0n) is 8.89. The van der Waals surface area contributed by atoms with Crippen molar-refractivity contribution in [3.63, 3.8) is 0 Å². The van der Waals surface area contributed by atoms with E-state index in [1.807, 2.05) is 7.05 Å². The van der Waals surface area contributed by atoms with E-state index in [1.54, 1.807) is 0 Å². The van der Waals surface area contributed by atoms with Crippen molar-refractivity contribution in [1.82, 2.24) is 10.2 Å². The second-order valence-corrected chi connectivity index (χ2v) is 4.32. The monoisotopic (exact) mass is 200 g/mol. The van der Waals surface area contributed by atoms with Crippen LogP contribution in [0.4, 0.5) is 0 Å². The Labute approximate surface area is 86.7 Å². The number of nitrogens with one attached hydrogen (secondary N) is 1. The molecule has 1 aliphatic heterocycles. The molecule has 1 fully saturated rings. The summed E-state index contributed by atoms with van der Waals surface area (Å²) in [7, 11) is 1.90. The standard InChI is InChI=1S/C10H20N2S/c1-4-10(5-2)6-7-12(8-10)9(13)11-3/h4-8H2,1-3H3,(H,11,13). The third-order valence-electron chi connectivity index (χ3n) is 3.44. The van der Waals surface area contributed by atoms with Crippen LogP contribution in [-0.2, 0) is 0 Å². The van der Waals surface area contributed by atoms with Gasteiger partial charge in [0.1, 0.15) is 0 Å². The molecule has 2 nitrogen and oxygen atoms in total. The largest absolute Gasteiger partial charge is 0.366 e. The average Bonchev–Trinajstić information content (AvgIpc) is 2.61. The van der Waals surface area contributed by atoms with E-state index in [9.17, 15) is 0 Å². The molecule has 0 aromatic carbocycles. The van der Waals surface area contributed by atoms with Crippen molar-refractivity contribution in [2.45, 2.75) is 33.1 Å². The summed E-state index contributed by atoms with van der Waals surface area (Å²) in [5, 5.41) is 3.96. The molecular weight excluding hydrogens is 180 g/mol. The SMILES string of the molecule is CCC1(CC)CCN(C(=S)NC)C1. The second kappa shape index (κ2) is 4.27. The predicted octanol–water partition coefficient (Wildman–Crippen LogP) is 2.00. The van der Waals surface area contributed by atoms with Crippen molar-refractivity contribution in [3.8, 4) is 0 Å². The summed E-state index contributed by atoms with van der Waals surface area (Å²) in [5.41, 5.74) is 0.529. The molecule has 76 valence electrons. The lowest BCUT2D eigenvalue weighted by molar-refractivity contribution is 0.277. The van der Waals surface area contributed by atoms with E-state index in [1.165, 1.54) is 19.3 Å². The van der Waals surface area contributed by atoms with Crippen LogP contribution in [0.3, 0.4) is 0 Å². The smallest absolute Gasteiger partial charge is 0.168 e. The van der Waals surface area contributed by atoms with Gasteiger partial charge in [-0.3, -0.25) is 0 Å². The molecule has 0 radical (unpaired) electrons. The van der Waals surface area contributed by atoms with Gasteiger partial charge < -0.3 is 10.2 Å². The highest BCUT2D eigenvalue weighted by Crippen LogP contribution is 2.36. The van der Waals surface area contributed by atoms with E-state index in [0.717, 1.165) is 18.2 Å². The molecule has 0 unspecified atom stereocenters. The summed E-state index contributed by atoms with van der Waals surface area (Å²) in [6, 6.07) is 0. The van der Waals surface area contributed by atoms with E-state index < -0.39 is 0 Å². The highest BCUT2D eigenvalue weighted by atomic mass is 32.1. The van der Waals surface area contributed by atoms with Crippen molar-refractivity contribution < 1.29 is 0 Å². The van der Waals surface area contributed by atoms with E-state index in [0.29, 0.717) is 5.41 Å². The van der Waals surface area contributed by atoms with Crippen LogP contribution in [0.1, 0.15) is 33.1 Å². The Morgan fingerprint density at radius 2 is 2.08 bits per heavy atom. The van der Waals surface area contributed by atoms with E-state index in [4.69, 9.17) is 12.2 Å². The van der Waals surface area contributed by atoms with Crippen LogP contribution in [0.25, 0.3) is 0 Å². The van der Waals surface area contributed by atoms with E-state index in [-0.39, 0.29) is 0 Å². The molecule has 0 atom stereocenters. The molecule has 0 spiro atoms. The molecule has 1 rings (SSSR count). The first kappa shape index (κ1) is 10.8. The van der Waals surface area contributed by atoms with Crippen LogP contribution >= 0.6 is 12.2 Å². The van der Waals surface area contributed by atoms with Gasteiger partial charge in [-0.05, 0) is 36.9 Å². The van der Waals surface area contributed by atoms with Crippen molar-refractivity contribution >= 4 is 17.3 Å². The van der Waals surface area contributed by atoms with Crippen molar-refractivity contribution in [2.75, 3.05) is 20.1 Å². The zero-order valence-corrected chi connectivity index (χ0v) is 9.71. The second-order valence-electron chi connectivity index (χ2n) is 3.93. The number of hydrogen-bond donors (Lipinski definition) is 1. The van der Waals surface area contributed by atoms with Gasteiger partial charge in [-0.25, -0.2) is 0 Å². The summed E-state index contributed by atoms with van der Waals surface area (Å²) in [6.45, 7) is 6.84. The van der Waals surface area contributed by atoms with Gasteiger partial charge in [0, 0.05) is 20.1 Å². The molecule has 13 heavy (non-hydrogen) atoms. The summed E-state index contributed by atoms with van der Waals surface area (Å²) >= 11 is 5.23. The highest BCUT2D eigenvalue weighted by Gasteiger charge is 2.35. The Kier molecular flexibility index (Phi) is 3.54. The lowest BCUT2D eigenvalue weighted by atomic mass is 9.82. The molecule has 1 aliphatic rings. The fraction of sp³-hybridized carbons (Fsp3) is 0.900. The topological polar surface area (TPSA) is 15.3 Å². The lowest BCUT2D eigenvalue weighted by Crippen LogP contribution is -2.37. The number of thiocarbonyl (C=S) groups is 1. The molecule has 1 heterocycles. The fourth-order valence-corrected chi connectivity index (χ4v) is 2.25. The lowest BCUT2D eigenvalue weighted by Gasteiger charge is -2.27. The van der Waals surface area contributed by atoms with Gasteiger partial charge in [0.2, 0.25) is 0 Å². The van der Waals surface area contributed by atoms with Crippen molar-refractivity contribution in [3.05, 3.63) is 0 Å². The molecular formula is C10H20N2S. The number of nitrogens with zero attached hydrogens (tertiary/aromatic N) is 1. The first-order valence-corrected chi connectivity index (χ1v) is 5.55. The first-order chi connectivity index (χ1) is 6.17. The summed E-state index contributed by atoms with van der Waals surface area (Å²) in [4.78, 5) is 2.29. The van der Waals surface area contributed by atoms with Crippen LogP contribution < -0.4 is 5.32 Å². The van der Waals surface area contributed by atoms with Gasteiger partial charge in [-0.1, -0.05) is 13.8 Å². The minimum absolute atomic E-state index is 0.529. The molecule has 0 aromatic heterocycles. The third-order valence-corrected chi connectivity index (χ3v) is 3.90. The van der Waals surface area contributed by atoms with Gasteiger partial charge in [0.25, 0.3) is 0 Å². The Bertz CT molecular complexity index is 187. The van der Waals surface area contributed by atoms with Crippen LogP contribution in [0, 0.1) is 5.41 Å². The maximum absolute atomic E-state index is 5.23. The summed E-state index contributed by atoms with van der Waals surface area (Å²) in [6.07, 6.45) is 3.83. The molecule has 0 aromatic rings. The molecule has 3 heteroatoms. The van der Waals surface area contributed by atoms with Crippen molar-refractivity contribution in [2.24, 2.45) is 5.41 Å². The highest BCUT2D eigenvalue weighted by molar-refractivity contribution is 7.80. The Morgan fingerprint density at radius 3 is 2.46 bits per heavy atom. The molecule has 0 bridgehead atoms. The van der Waals surface area contributed by atoms with E-state index >= 15 is 0 Å². The van der Waals surface area contributed by atoms with Gasteiger partial charge in [-0.2, -0.15) is 0 Å². The number of hydrogen-bond acceptors (Lipinski definition) is 1. The van der Waals surface area contributed by atoms with Gasteiger partial charge in [0.05, 0.1) is 0 Å². The third kappa shape index (κ3) is 2.13.